The number of hydrogen-bond acceptors (Lipinski definition) is 2. The van der Waals surface area contributed by atoms with Crippen LogP contribution in [0.3, 0.4) is 0 Å². The number of rotatable bonds is 2. The van der Waals surface area contributed by atoms with E-state index in [2.05, 4.69) is 34.6 Å². The predicted octanol–water partition coefficient (Wildman–Crippen LogP) is 4.05. The fraction of sp³-hybridized carbons (Fsp3) is 0.556. The van der Waals surface area contributed by atoms with Gasteiger partial charge in [0.05, 0.1) is 11.6 Å². The Bertz CT molecular complexity index is 633. The molecule has 0 amide bonds. The second kappa shape index (κ2) is 5.06. The number of hydrogen-bond donors (Lipinski definition) is 3. The van der Waals surface area contributed by atoms with Crippen LogP contribution < -0.4 is 5.32 Å². The highest BCUT2D eigenvalue weighted by molar-refractivity contribution is 5.92. The molecule has 0 saturated heterocycles. The van der Waals surface area contributed by atoms with Crippen LogP contribution in [0.25, 0.3) is 10.9 Å². The van der Waals surface area contributed by atoms with Gasteiger partial charge in [0, 0.05) is 22.8 Å². The highest BCUT2D eigenvalue weighted by Crippen LogP contribution is 2.45. The standard InChI is InChI=1S/C18H24N2O/c21-18-11-2-1-5-13(18)6-3-9-17(18)20-16-8-4-7-15-14(16)10-12-19-15/h4,7-8,10,12-13,17,19-21H,1-3,5-6,9,11H2/t13-,17+,18-/m1/s1. The molecular formula is C18H24N2O. The molecule has 0 aliphatic heterocycles. The highest BCUT2D eigenvalue weighted by atomic mass is 16.3. The summed E-state index contributed by atoms with van der Waals surface area (Å²) in [6, 6.07) is 8.61. The van der Waals surface area contributed by atoms with E-state index in [9.17, 15) is 5.11 Å². The summed E-state index contributed by atoms with van der Waals surface area (Å²) in [6.07, 6.45) is 10.1. The molecular weight excluding hydrogens is 260 g/mol. The van der Waals surface area contributed by atoms with E-state index in [4.69, 9.17) is 0 Å². The lowest BCUT2D eigenvalue weighted by Crippen LogP contribution is -2.56. The third-order valence-corrected chi connectivity index (χ3v) is 5.66. The first-order valence-corrected chi connectivity index (χ1v) is 8.32. The van der Waals surface area contributed by atoms with Gasteiger partial charge in [-0.3, -0.25) is 0 Å². The summed E-state index contributed by atoms with van der Waals surface area (Å²) >= 11 is 0. The molecule has 0 bridgehead atoms. The lowest BCUT2D eigenvalue weighted by molar-refractivity contribution is -0.0834. The van der Waals surface area contributed by atoms with Gasteiger partial charge in [-0.15, -0.1) is 0 Å². The summed E-state index contributed by atoms with van der Waals surface area (Å²) in [5.41, 5.74) is 1.80. The number of nitrogens with one attached hydrogen (secondary N) is 2. The van der Waals surface area contributed by atoms with Crippen LogP contribution in [0.15, 0.2) is 30.5 Å². The maximum atomic E-state index is 11.3. The van der Waals surface area contributed by atoms with Crippen LogP contribution in [0, 0.1) is 5.92 Å². The molecule has 1 aromatic heterocycles. The van der Waals surface area contributed by atoms with Gasteiger partial charge < -0.3 is 15.4 Å². The Morgan fingerprint density at radius 3 is 2.95 bits per heavy atom. The molecule has 3 atom stereocenters. The van der Waals surface area contributed by atoms with Crippen molar-refractivity contribution in [2.75, 3.05) is 5.32 Å². The van der Waals surface area contributed by atoms with Crippen molar-refractivity contribution >= 4 is 16.6 Å². The molecule has 1 aromatic carbocycles. The Morgan fingerprint density at radius 1 is 1.10 bits per heavy atom. The van der Waals surface area contributed by atoms with Crippen molar-refractivity contribution in [3.05, 3.63) is 30.5 Å². The molecule has 2 aromatic rings. The topological polar surface area (TPSA) is 48.0 Å². The molecule has 3 nitrogen and oxygen atoms in total. The van der Waals surface area contributed by atoms with Crippen molar-refractivity contribution in [2.45, 2.75) is 56.6 Å². The molecule has 0 radical (unpaired) electrons. The predicted molar refractivity (Wildman–Crippen MR) is 86.5 cm³/mol. The van der Waals surface area contributed by atoms with Gasteiger partial charge in [-0.1, -0.05) is 25.3 Å². The van der Waals surface area contributed by atoms with Gasteiger partial charge >= 0.3 is 0 Å². The molecule has 2 aliphatic carbocycles. The zero-order valence-corrected chi connectivity index (χ0v) is 12.4. The fourth-order valence-corrected chi connectivity index (χ4v) is 4.52. The van der Waals surface area contributed by atoms with E-state index in [1.807, 2.05) is 6.20 Å². The molecule has 2 aliphatic rings. The smallest absolute Gasteiger partial charge is 0.0875 e. The van der Waals surface area contributed by atoms with Gasteiger partial charge in [-0.25, -0.2) is 0 Å². The average molecular weight is 284 g/mol. The Morgan fingerprint density at radius 2 is 2.00 bits per heavy atom. The number of aromatic amines is 1. The highest BCUT2D eigenvalue weighted by Gasteiger charge is 2.47. The van der Waals surface area contributed by atoms with Crippen molar-refractivity contribution in [1.29, 1.82) is 0 Å². The maximum Gasteiger partial charge on any atom is 0.0875 e. The summed E-state index contributed by atoms with van der Waals surface area (Å²) in [4.78, 5) is 3.26. The lowest BCUT2D eigenvalue weighted by atomic mass is 9.65. The average Bonchev–Trinajstić information content (AvgIpc) is 2.97. The number of aromatic nitrogens is 1. The van der Waals surface area contributed by atoms with Crippen LogP contribution in [0.4, 0.5) is 5.69 Å². The zero-order chi connectivity index (χ0) is 14.3. The van der Waals surface area contributed by atoms with E-state index in [0.717, 1.165) is 24.0 Å². The largest absolute Gasteiger partial charge is 0.387 e. The fourth-order valence-electron chi connectivity index (χ4n) is 4.52. The van der Waals surface area contributed by atoms with Crippen LogP contribution >= 0.6 is 0 Å². The Hall–Kier alpha value is -1.48. The van der Waals surface area contributed by atoms with Crippen LogP contribution in [-0.2, 0) is 0 Å². The van der Waals surface area contributed by atoms with Gasteiger partial charge in [0.15, 0.2) is 0 Å². The van der Waals surface area contributed by atoms with Crippen molar-refractivity contribution in [2.24, 2.45) is 5.92 Å². The summed E-state index contributed by atoms with van der Waals surface area (Å²) < 4.78 is 0. The molecule has 2 fully saturated rings. The first-order chi connectivity index (χ1) is 10.3. The van der Waals surface area contributed by atoms with E-state index in [0.29, 0.717) is 5.92 Å². The normalized spacial score (nSPS) is 32.8. The number of aliphatic hydroxyl groups is 1. The van der Waals surface area contributed by atoms with Crippen LogP contribution in [0.2, 0.25) is 0 Å². The minimum absolute atomic E-state index is 0.192. The molecule has 3 heteroatoms. The van der Waals surface area contributed by atoms with E-state index in [1.54, 1.807) is 0 Å². The van der Waals surface area contributed by atoms with Crippen LogP contribution in [-0.4, -0.2) is 21.7 Å². The summed E-state index contributed by atoms with van der Waals surface area (Å²) in [6.45, 7) is 0. The van der Waals surface area contributed by atoms with Crippen LogP contribution in [0.5, 0.6) is 0 Å². The summed E-state index contributed by atoms with van der Waals surface area (Å²) in [7, 11) is 0. The number of H-pyrrole nitrogens is 1. The third kappa shape index (κ3) is 2.15. The van der Waals surface area contributed by atoms with Crippen molar-refractivity contribution in [1.82, 2.24) is 4.98 Å². The van der Waals surface area contributed by atoms with E-state index in [-0.39, 0.29) is 6.04 Å². The summed E-state index contributed by atoms with van der Waals surface area (Å²) in [5.74, 6) is 0.489. The maximum absolute atomic E-state index is 11.3. The number of anilines is 1. The van der Waals surface area contributed by atoms with Gasteiger partial charge in [0.25, 0.3) is 0 Å². The quantitative estimate of drug-likeness (QED) is 0.779. The minimum Gasteiger partial charge on any atom is -0.387 e. The first-order valence-electron chi connectivity index (χ1n) is 8.32. The van der Waals surface area contributed by atoms with Gasteiger partial charge in [-0.2, -0.15) is 0 Å². The van der Waals surface area contributed by atoms with E-state index in [1.165, 1.54) is 37.5 Å². The second-order valence-corrected chi connectivity index (χ2v) is 6.81. The molecule has 2 saturated carbocycles. The van der Waals surface area contributed by atoms with E-state index < -0.39 is 5.60 Å². The zero-order valence-electron chi connectivity index (χ0n) is 12.4. The second-order valence-electron chi connectivity index (χ2n) is 6.81. The van der Waals surface area contributed by atoms with E-state index >= 15 is 0 Å². The molecule has 0 spiro atoms. The summed E-state index contributed by atoms with van der Waals surface area (Å²) in [5, 5.41) is 16.2. The van der Waals surface area contributed by atoms with Crippen molar-refractivity contribution in [3.8, 4) is 0 Å². The van der Waals surface area contributed by atoms with Gasteiger partial charge in [0.1, 0.15) is 0 Å². The Kier molecular flexibility index (Phi) is 3.18. The third-order valence-electron chi connectivity index (χ3n) is 5.66. The molecule has 21 heavy (non-hydrogen) atoms. The molecule has 1 heterocycles. The first kappa shape index (κ1) is 13.2. The van der Waals surface area contributed by atoms with Crippen molar-refractivity contribution in [3.63, 3.8) is 0 Å². The minimum atomic E-state index is -0.505. The molecule has 4 rings (SSSR count). The SMILES string of the molecule is O[C@]12CCCC[C@@H]1CCC[C@@H]2Nc1cccc2[nH]ccc12. The number of fused-ring (bicyclic) bond motifs is 2. The molecule has 112 valence electrons. The van der Waals surface area contributed by atoms with Gasteiger partial charge in [-0.05, 0) is 49.8 Å². The monoisotopic (exact) mass is 284 g/mol. The van der Waals surface area contributed by atoms with Crippen LogP contribution in [0.1, 0.15) is 44.9 Å². The molecule has 0 unspecified atom stereocenters. The molecule has 3 N–H and O–H groups in total. The Balaban J connectivity index is 1.65. The van der Waals surface area contributed by atoms with Crippen molar-refractivity contribution < 1.29 is 5.11 Å². The Labute approximate surface area is 125 Å². The lowest BCUT2D eigenvalue weighted by Gasteiger charge is -2.49. The number of benzene rings is 1. The van der Waals surface area contributed by atoms with Gasteiger partial charge in [0.2, 0.25) is 0 Å².